The topological polar surface area (TPSA) is 70.1 Å². The maximum Gasteiger partial charge on any atom is 0.272 e. The molecule has 0 saturated heterocycles. The van der Waals surface area contributed by atoms with Crippen molar-refractivity contribution >= 4 is 39.4 Å². The zero-order valence-electron chi connectivity index (χ0n) is 13.8. The normalized spacial score (nSPS) is 11.4. The second-order valence-corrected chi connectivity index (χ2v) is 7.66. The Kier molecular flexibility index (Phi) is 5.45. The van der Waals surface area contributed by atoms with Crippen LogP contribution in [0.4, 0.5) is 0 Å². The highest BCUT2D eigenvalue weighted by atomic mass is 79.9. The van der Waals surface area contributed by atoms with E-state index < -0.39 is 0 Å². The van der Waals surface area contributed by atoms with Gasteiger partial charge in [0.15, 0.2) is 0 Å². The van der Waals surface area contributed by atoms with Crippen LogP contribution in [0, 0.1) is 0 Å². The van der Waals surface area contributed by atoms with Crippen LogP contribution in [0.1, 0.15) is 40.6 Å². The number of hydrogen-bond donors (Lipinski definition) is 2. The van der Waals surface area contributed by atoms with Crippen LogP contribution in [-0.2, 0) is 0 Å². The molecule has 25 heavy (non-hydrogen) atoms. The number of thiophene rings is 1. The van der Waals surface area contributed by atoms with Gasteiger partial charge in [-0.05, 0) is 24.1 Å². The van der Waals surface area contributed by atoms with Crippen LogP contribution in [0.15, 0.2) is 51.5 Å². The summed E-state index contributed by atoms with van der Waals surface area (Å²) in [5.41, 5.74) is 5.84. The monoisotopic (exact) mass is 416 g/mol. The van der Waals surface area contributed by atoms with E-state index in [0.29, 0.717) is 11.5 Å². The third-order valence-corrected chi connectivity index (χ3v) is 5.38. The number of nitrogens with zero attached hydrogens (tertiary/aromatic N) is 2. The molecule has 0 aliphatic rings. The molecule has 1 amide bonds. The minimum absolute atomic E-state index is 0.215. The lowest BCUT2D eigenvalue weighted by Gasteiger charge is -2.00. The molecule has 5 nitrogen and oxygen atoms in total. The van der Waals surface area contributed by atoms with Crippen LogP contribution in [0.5, 0.6) is 0 Å². The molecule has 0 bridgehead atoms. The van der Waals surface area contributed by atoms with Gasteiger partial charge in [-0.3, -0.25) is 9.89 Å². The summed E-state index contributed by atoms with van der Waals surface area (Å²) in [5, 5.41) is 12.9. The van der Waals surface area contributed by atoms with E-state index in [4.69, 9.17) is 0 Å². The number of rotatable bonds is 5. The van der Waals surface area contributed by atoms with Crippen LogP contribution in [0.25, 0.3) is 11.3 Å². The first-order valence-electron chi connectivity index (χ1n) is 7.75. The van der Waals surface area contributed by atoms with E-state index in [9.17, 15) is 4.79 Å². The van der Waals surface area contributed by atoms with Crippen molar-refractivity contribution in [3.8, 4) is 11.3 Å². The largest absolute Gasteiger partial charge is 0.277 e. The number of carbonyl (C=O) groups is 1. The molecule has 0 fully saturated rings. The van der Waals surface area contributed by atoms with E-state index in [1.54, 1.807) is 23.7 Å². The third-order valence-electron chi connectivity index (χ3n) is 3.62. The van der Waals surface area contributed by atoms with Crippen LogP contribution >= 0.6 is 27.3 Å². The number of nitrogens with one attached hydrogen (secondary N) is 2. The number of benzene rings is 1. The maximum absolute atomic E-state index is 12.2. The van der Waals surface area contributed by atoms with Crippen molar-refractivity contribution in [1.82, 2.24) is 15.6 Å². The van der Waals surface area contributed by atoms with Crippen molar-refractivity contribution in [2.45, 2.75) is 19.8 Å². The van der Waals surface area contributed by atoms with Crippen molar-refractivity contribution in [1.29, 1.82) is 0 Å². The summed E-state index contributed by atoms with van der Waals surface area (Å²) < 4.78 is 1.01. The predicted octanol–water partition coefficient (Wildman–Crippen LogP) is 4.79. The first kappa shape index (κ1) is 17.6. The quantitative estimate of drug-likeness (QED) is 0.463. The number of hydrazone groups is 1. The van der Waals surface area contributed by atoms with Gasteiger partial charge in [0.25, 0.3) is 5.91 Å². The highest BCUT2D eigenvalue weighted by Crippen LogP contribution is 2.23. The number of carbonyl (C=O) groups excluding carboxylic acids is 1. The van der Waals surface area contributed by atoms with Crippen LogP contribution in [-0.4, -0.2) is 22.3 Å². The minimum Gasteiger partial charge on any atom is -0.277 e. The molecular formula is C18H17BrN4OS. The van der Waals surface area contributed by atoms with E-state index >= 15 is 0 Å². The number of aromatic amines is 1. The summed E-state index contributed by atoms with van der Waals surface area (Å²) in [6, 6.07) is 9.79. The van der Waals surface area contributed by atoms with Crippen LogP contribution < -0.4 is 5.43 Å². The molecule has 0 radical (unpaired) electrons. The van der Waals surface area contributed by atoms with Crippen LogP contribution in [0.2, 0.25) is 0 Å². The molecule has 2 aromatic heterocycles. The summed E-state index contributed by atoms with van der Waals surface area (Å²) in [7, 11) is 0. The van der Waals surface area contributed by atoms with Gasteiger partial charge in [0.05, 0.1) is 23.7 Å². The Labute approximate surface area is 158 Å². The lowest BCUT2D eigenvalue weighted by Crippen LogP contribution is -2.16. The Balaban J connectivity index is 1.69. The van der Waals surface area contributed by atoms with Crippen molar-refractivity contribution in [3.63, 3.8) is 0 Å². The second-order valence-electron chi connectivity index (χ2n) is 5.80. The molecule has 3 aromatic rings. The molecule has 128 valence electrons. The first-order valence-corrected chi connectivity index (χ1v) is 9.43. The lowest BCUT2D eigenvalue weighted by molar-refractivity contribution is 0.0955. The fourth-order valence-corrected chi connectivity index (χ4v) is 3.41. The Morgan fingerprint density at radius 1 is 1.36 bits per heavy atom. The summed E-state index contributed by atoms with van der Waals surface area (Å²) in [4.78, 5) is 13.3. The predicted molar refractivity (Wildman–Crippen MR) is 105 cm³/mol. The van der Waals surface area contributed by atoms with Crippen LogP contribution in [0.3, 0.4) is 0 Å². The average molecular weight is 417 g/mol. The molecule has 0 atom stereocenters. The van der Waals surface area contributed by atoms with Gasteiger partial charge in [-0.1, -0.05) is 41.9 Å². The highest BCUT2D eigenvalue weighted by molar-refractivity contribution is 9.10. The van der Waals surface area contributed by atoms with Crippen molar-refractivity contribution < 1.29 is 4.79 Å². The molecule has 2 heterocycles. The Morgan fingerprint density at radius 3 is 2.80 bits per heavy atom. The molecule has 0 spiro atoms. The van der Waals surface area contributed by atoms with Gasteiger partial charge in [-0.25, -0.2) is 5.43 Å². The number of hydrogen-bond acceptors (Lipinski definition) is 4. The fourth-order valence-electron chi connectivity index (χ4n) is 2.24. The second kappa shape index (κ2) is 7.76. The smallest absolute Gasteiger partial charge is 0.272 e. The Hall–Kier alpha value is -2.25. The summed E-state index contributed by atoms with van der Waals surface area (Å²) in [6.45, 7) is 4.21. The summed E-state index contributed by atoms with van der Waals surface area (Å²) >= 11 is 5.01. The maximum atomic E-state index is 12.2. The fraction of sp³-hybridized carbons (Fsp3) is 0.167. The minimum atomic E-state index is -0.215. The zero-order valence-corrected chi connectivity index (χ0v) is 16.2. The van der Waals surface area contributed by atoms with Gasteiger partial charge < -0.3 is 0 Å². The molecule has 0 saturated carbocycles. The van der Waals surface area contributed by atoms with E-state index in [1.165, 1.54) is 4.88 Å². The summed E-state index contributed by atoms with van der Waals surface area (Å²) in [6.07, 6.45) is 3.27. The van der Waals surface area contributed by atoms with Crippen molar-refractivity contribution in [3.05, 3.63) is 62.4 Å². The lowest BCUT2D eigenvalue weighted by atomic mass is 10.1. The SMILES string of the molecule is CC(C)c1cc(C(=O)N/N=C\c2cn[nH]c2-c2ccc(Br)cc2)cs1. The van der Waals surface area contributed by atoms with E-state index in [-0.39, 0.29) is 5.91 Å². The molecule has 1 aromatic carbocycles. The summed E-state index contributed by atoms with van der Waals surface area (Å²) in [5.74, 6) is 0.197. The van der Waals surface area contributed by atoms with Gasteiger partial charge in [0.1, 0.15) is 0 Å². The van der Waals surface area contributed by atoms with E-state index in [1.807, 2.05) is 35.7 Å². The standard InChI is InChI=1S/C18H17BrN4OS/c1-11(2)16-7-13(10-25-16)18(24)23-21-9-14-8-20-22-17(14)12-3-5-15(19)6-4-12/h3-11H,1-2H3,(H,20,22)(H,23,24)/b21-9-. The van der Waals surface area contributed by atoms with E-state index in [0.717, 1.165) is 21.3 Å². The zero-order chi connectivity index (χ0) is 17.8. The molecular weight excluding hydrogens is 400 g/mol. The molecule has 0 aliphatic carbocycles. The van der Waals surface area contributed by atoms with Gasteiger partial charge >= 0.3 is 0 Å². The number of halogens is 1. The van der Waals surface area contributed by atoms with Gasteiger partial charge in [-0.15, -0.1) is 11.3 Å². The van der Waals surface area contributed by atoms with Gasteiger partial charge in [-0.2, -0.15) is 10.2 Å². The average Bonchev–Trinajstić information content (AvgIpc) is 3.25. The molecule has 3 rings (SSSR count). The molecule has 0 unspecified atom stereocenters. The molecule has 7 heteroatoms. The van der Waals surface area contributed by atoms with Crippen molar-refractivity contribution in [2.75, 3.05) is 0 Å². The van der Waals surface area contributed by atoms with Gasteiger partial charge in [0, 0.05) is 25.9 Å². The third kappa shape index (κ3) is 4.24. The van der Waals surface area contributed by atoms with Crippen molar-refractivity contribution in [2.24, 2.45) is 5.10 Å². The van der Waals surface area contributed by atoms with Gasteiger partial charge in [0.2, 0.25) is 0 Å². The van der Waals surface area contributed by atoms with E-state index in [2.05, 4.69) is 50.5 Å². The molecule has 0 aliphatic heterocycles. The Bertz CT molecular complexity index is 896. The Morgan fingerprint density at radius 2 is 2.12 bits per heavy atom. The highest BCUT2D eigenvalue weighted by Gasteiger charge is 2.10. The number of amides is 1. The number of H-pyrrole nitrogens is 1. The number of aromatic nitrogens is 2. The molecule has 2 N–H and O–H groups in total. The first-order chi connectivity index (χ1) is 12.0.